The number of aromatic nitrogens is 1. The van der Waals surface area contributed by atoms with E-state index >= 15 is 0 Å². The summed E-state index contributed by atoms with van der Waals surface area (Å²) in [5.41, 5.74) is 2.93. The molecule has 1 aromatic heterocycles. The normalized spacial score (nSPS) is 17.3. The third-order valence-electron chi connectivity index (χ3n) is 7.10. The average molecular weight is 535 g/mol. The summed E-state index contributed by atoms with van der Waals surface area (Å²) < 4.78 is 17.1. The lowest BCUT2D eigenvalue weighted by molar-refractivity contribution is -0.145. The Kier molecular flexibility index (Phi) is 9.63. The number of hydrogen-bond donors (Lipinski definition) is 1. The molecule has 2 aromatic carbocycles. The number of rotatable bonds is 11. The van der Waals surface area contributed by atoms with Crippen LogP contribution >= 0.6 is 0 Å². The Hall–Kier alpha value is -3.81. The van der Waals surface area contributed by atoms with Gasteiger partial charge in [-0.2, -0.15) is 0 Å². The summed E-state index contributed by atoms with van der Waals surface area (Å²) >= 11 is 0. The number of oxazole rings is 1. The van der Waals surface area contributed by atoms with Gasteiger partial charge in [0.25, 0.3) is 0 Å². The third kappa shape index (κ3) is 7.85. The predicted molar refractivity (Wildman–Crippen MR) is 148 cm³/mol. The quantitative estimate of drug-likeness (QED) is 0.321. The van der Waals surface area contributed by atoms with Crippen molar-refractivity contribution in [3.8, 4) is 17.2 Å². The molecule has 4 rings (SSSR count). The molecular formula is C31H38N2O6. The molecule has 1 saturated heterocycles. The molecule has 39 heavy (non-hydrogen) atoms. The van der Waals surface area contributed by atoms with Gasteiger partial charge in [0, 0.05) is 25.1 Å². The summed E-state index contributed by atoms with van der Waals surface area (Å²) in [5, 5.41) is 9.72. The first kappa shape index (κ1) is 28.2. The van der Waals surface area contributed by atoms with Crippen molar-refractivity contribution in [2.75, 3.05) is 26.3 Å². The lowest BCUT2D eigenvalue weighted by Crippen LogP contribution is -2.46. The number of amides is 1. The number of aryl methyl sites for hydroxylation is 2. The van der Waals surface area contributed by atoms with Crippen LogP contribution in [0, 0.1) is 24.7 Å². The van der Waals surface area contributed by atoms with Gasteiger partial charge in [-0.1, -0.05) is 44.2 Å². The van der Waals surface area contributed by atoms with Crippen LogP contribution in [0.4, 0.5) is 4.79 Å². The second-order valence-electron chi connectivity index (χ2n) is 10.6. The molecule has 3 aromatic rings. The molecule has 1 aliphatic heterocycles. The highest BCUT2D eigenvalue weighted by molar-refractivity contribution is 5.72. The van der Waals surface area contributed by atoms with E-state index in [0.29, 0.717) is 51.5 Å². The van der Waals surface area contributed by atoms with Crippen molar-refractivity contribution in [2.45, 2.75) is 46.5 Å². The topological polar surface area (TPSA) is 102 Å². The fourth-order valence-electron chi connectivity index (χ4n) is 4.88. The van der Waals surface area contributed by atoms with E-state index in [2.05, 4.69) is 4.98 Å². The zero-order chi connectivity index (χ0) is 27.8. The Morgan fingerprint density at radius 3 is 2.54 bits per heavy atom. The summed E-state index contributed by atoms with van der Waals surface area (Å²) in [6.45, 7) is 7.55. The second-order valence-corrected chi connectivity index (χ2v) is 10.6. The molecule has 1 N–H and O–H groups in total. The van der Waals surface area contributed by atoms with E-state index in [-0.39, 0.29) is 17.9 Å². The first-order valence-corrected chi connectivity index (χ1v) is 13.7. The van der Waals surface area contributed by atoms with Crippen LogP contribution in [-0.4, -0.2) is 53.4 Å². The Balaban J connectivity index is 1.26. The van der Waals surface area contributed by atoms with Crippen LogP contribution in [0.5, 0.6) is 5.75 Å². The van der Waals surface area contributed by atoms with Gasteiger partial charge in [0.1, 0.15) is 11.5 Å². The maximum absolute atomic E-state index is 12.4. The molecule has 8 nitrogen and oxygen atoms in total. The summed E-state index contributed by atoms with van der Waals surface area (Å²) in [6, 6.07) is 17.7. The molecule has 208 valence electrons. The zero-order valence-corrected chi connectivity index (χ0v) is 23.0. The van der Waals surface area contributed by atoms with E-state index in [1.165, 1.54) is 0 Å². The molecule has 0 aliphatic carbocycles. The van der Waals surface area contributed by atoms with Gasteiger partial charge in [0.15, 0.2) is 0 Å². The lowest BCUT2D eigenvalue weighted by Gasteiger charge is -2.36. The number of hydrogen-bond acceptors (Lipinski definition) is 6. The lowest BCUT2D eigenvalue weighted by atomic mass is 9.82. The first-order valence-electron chi connectivity index (χ1n) is 13.7. The third-order valence-corrected chi connectivity index (χ3v) is 7.10. The number of aliphatic carboxylic acids is 1. The fourth-order valence-corrected chi connectivity index (χ4v) is 4.88. The number of nitrogens with zero attached hydrogens (tertiary/aromatic N) is 2. The van der Waals surface area contributed by atoms with Crippen LogP contribution in [0.3, 0.4) is 0 Å². The highest BCUT2D eigenvalue weighted by Gasteiger charge is 2.36. The van der Waals surface area contributed by atoms with Crippen molar-refractivity contribution in [3.63, 3.8) is 0 Å². The second kappa shape index (κ2) is 13.3. The van der Waals surface area contributed by atoms with E-state index in [4.69, 9.17) is 13.9 Å². The number of carboxylic acids is 1. The van der Waals surface area contributed by atoms with E-state index in [0.717, 1.165) is 34.8 Å². The molecule has 0 bridgehead atoms. The van der Waals surface area contributed by atoms with Crippen LogP contribution in [0.25, 0.3) is 11.5 Å². The van der Waals surface area contributed by atoms with E-state index < -0.39 is 11.9 Å². The Morgan fingerprint density at radius 2 is 1.85 bits per heavy atom. The maximum Gasteiger partial charge on any atom is 0.409 e. The molecular weight excluding hydrogens is 496 g/mol. The highest BCUT2D eigenvalue weighted by Crippen LogP contribution is 2.29. The molecule has 0 saturated carbocycles. The van der Waals surface area contributed by atoms with Crippen molar-refractivity contribution in [1.29, 1.82) is 0 Å². The number of benzene rings is 2. The van der Waals surface area contributed by atoms with Gasteiger partial charge >= 0.3 is 12.1 Å². The molecule has 8 heteroatoms. The zero-order valence-electron chi connectivity index (χ0n) is 23.0. The molecule has 1 amide bonds. The molecule has 0 radical (unpaired) electrons. The summed E-state index contributed by atoms with van der Waals surface area (Å²) in [5.74, 6) is 1.06. The average Bonchev–Trinajstić information content (AvgIpc) is 3.31. The maximum atomic E-state index is 12.4. The molecule has 1 fully saturated rings. The van der Waals surface area contributed by atoms with Crippen LogP contribution in [0.1, 0.15) is 43.7 Å². The number of carbonyl (C=O) groups excluding carboxylic acids is 1. The molecule has 0 spiro atoms. The standard InChI is InChI=1S/C31H38N2O6/c1-21(2)20-38-31(36)33-17-15-27(30(34)35)25(19-33)12-9-23-10-13-26(14-11-23)37-18-16-28-22(3)39-29(32-28)24-7-5-4-6-8-24/h4-8,10-11,13-14,21,25,27H,9,12,15-20H2,1-3H3,(H,34,35)/t25?,27-/m0/s1. The van der Waals surface area contributed by atoms with Gasteiger partial charge in [0.05, 0.1) is 24.8 Å². The van der Waals surface area contributed by atoms with Crippen LogP contribution < -0.4 is 4.74 Å². The van der Waals surface area contributed by atoms with Crippen LogP contribution in [0.2, 0.25) is 0 Å². The van der Waals surface area contributed by atoms with Crippen LogP contribution in [-0.2, 0) is 22.4 Å². The summed E-state index contributed by atoms with van der Waals surface area (Å²) in [4.78, 5) is 30.6. The molecule has 2 atom stereocenters. The predicted octanol–water partition coefficient (Wildman–Crippen LogP) is 6.02. The van der Waals surface area contributed by atoms with Gasteiger partial charge < -0.3 is 23.9 Å². The number of carbonyl (C=O) groups is 2. The minimum Gasteiger partial charge on any atom is -0.493 e. The van der Waals surface area contributed by atoms with E-state index in [9.17, 15) is 14.7 Å². The molecule has 1 aliphatic rings. The van der Waals surface area contributed by atoms with Crippen molar-refractivity contribution in [2.24, 2.45) is 17.8 Å². The Labute approximate surface area is 229 Å². The van der Waals surface area contributed by atoms with E-state index in [1.54, 1.807) is 4.90 Å². The monoisotopic (exact) mass is 534 g/mol. The van der Waals surface area contributed by atoms with Gasteiger partial charge in [-0.15, -0.1) is 0 Å². The van der Waals surface area contributed by atoms with E-state index in [1.807, 2.05) is 75.4 Å². The van der Waals surface area contributed by atoms with Crippen molar-refractivity contribution < 1.29 is 28.6 Å². The van der Waals surface area contributed by atoms with Gasteiger partial charge in [0.2, 0.25) is 5.89 Å². The van der Waals surface area contributed by atoms with Crippen LogP contribution in [0.15, 0.2) is 59.0 Å². The molecule has 2 heterocycles. The fraction of sp³-hybridized carbons (Fsp3) is 0.452. The number of ether oxygens (including phenoxy) is 2. The Bertz CT molecular complexity index is 1220. The highest BCUT2D eigenvalue weighted by atomic mass is 16.6. The van der Waals surface area contributed by atoms with Crippen molar-refractivity contribution in [3.05, 3.63) is 71.6 Å². The first-order chi connectivity index (χ1) is 18.8. The smallest absolute Gasteiger partial charge is 0.409 e. The number of carboxylic acid groups (broad SMARTS) is 1. The Morgan fingerprint density at radius 1 is 1.10 bits per heavy atom. The minimum atomic E-state index is -0.794. The summed E-state index contributed by atoms with van der Waals surface area (Å²) in [6.07, 6.45) is 2.14. The van der Waals surface area contributed by atoms with Gasteiger partial charge in [-0.3, -0.25) is 4.79 Å². The van der Waals surface area contributed by atoms with Crippen molar-refractivity contribution >= 4 is 12.1 Å². The SMILES string of the molecule is Cc1oc(-c2ccccc2)nc1CCOc1ccc(CCC2CN(C(=O)OCC(C)C)CC[C@@H]2C(=O)O)cc1. The minimum absolute atomic E-state index is 0.120. The molecule has 1 unspecified atom stereocenters. The van der Waals surface area contributed by atoms with Gasteiger partial charge in [-0.05, 0) is 67.9 Å². The number of piperidine rings is 1. The largest absolute Gasteiger partial charge is 0.493 e. The van der Waals surface area contributed by atoms with Gasteiger partial charge in [-0.25, -0.2) is 9.78 Å². The number of likely N-dealkylation sites (tertiary alicyclic amines) is 1. The van der Waals surface area contributed by atoms with Crippen molar-refractivity contribution in [1.82, 2.24) is 9.88 Å². The summed E-state index contributed by atoms with van der Waals surface area (Å²) in [7, 11) is 0.